The molecule has 0 radical (unpaired) electrons. The molecule has 1 saturated carbocycles. The zero-order chi connectivity index (χ0) is 20.5. The molecule has 0 aromatic heterocycles. The summed E-state index contributed by atoms with van der Waals surface area (Å²) >= 11 is 5.56. The first-order valence-corrected chi connectivity index (χ1v) is 11.3. The van der Waals surface area contributed by atoms with Crippen LogP contribution in [0.25, 0.3) is 11.1 Å². The Hall–Kier alpha value is -1.48. The summed E-state index contributed by atoms with van der Waals surface area (Å²) in [6, 6.07) is 5.83. The SMILES string of the molecule is CCCC1CCC(C2CCc3c(ccc(-c4cc(F)c(Cl)c(F)c4)c3F)C2)CC1. The van der Waals surface area contributed by atoms with Gasteiger partial charge >= 0.3 is 0 Å². The van der Waals surface area contributed by atoms with E-state index in [1.165, 1.54) is 38.5 Å². The van der Waals surface area contributed by atoms with Crippen LogP contribution in [0, 0.1) is 35.2 Å². The molecule has 1 fully saturated rings. The minimum Gasteiger partial charge on any atom is -0.206 e. The number of rotatable bonds is 4. The standard InChI is InChI=1S/C25H28ClF3/c1-2-3-15-4-6-16(7-5-15)17-8-10-20-18(12-17)9-11-21(25(20)29)19-13-22(27)24(26)23(28)14-19/h9,11,13-17H,2-8,10,12H2,1H3. The van der Waals surface area contributed by atoms with Crippen LogP contribution in [0.3, 0.4) is 0 Å². The van der Waals surface area contributed by atoms with E-state index in [0.717, 1.165) is 42.4 Å². The summed E-state index contributed by atoms with van der Waals surface area (Å²) in [5.41, 5.74) is 2.22. The van der Waals surface area contributed by atoms with Gasteiger partial charge in [0.2, 0.25) is 0 Å². The fraction of sp³-hybridized carbons (Fsp3) is 0.520. The molecule has 2 aromatic rings. The largest absolute Gasteiger partial charge is 0.206 e. The minimum atomic E-state index is -0.863. The van der Waals surface area contributed by atoms with Crippen molar-refractivity contribution < 1.29 is 13.2 Å². The van der Waals surface area contributed by atoms with Gasteiger partial charge in [-0.25, -0.2) is 13.2 Å². The summed E-state index contributed by atoms with van der Waals surface area (Å²) in [6.45, 7) is 2.26. The molecule has 0 heterocycles. The highest BCUT2D eigenvalue weighted by Crippen LogP contribution is 2.42. The Morgan fingerprint density at radius 1 is 0.931 bits per heavy atom. The molecule has 4 rings (SSSR count). The Morgan fingerprint density at radius 2 is 1.62 bits per heavy atom. The fourth-order valence-corrected chi connectivity index (χ4v) is 5.64. The third-order valence-electron chi connectivity index (χ3n) is 7.14. The van der Waals surface area contributed by atoms with Crippen LogP contribution < -0.4 is 0 Å². The van der Waals surface area contributed by atoms with E-state index in [1.807, 2.05) is 6.07 Å². The maximum atomic E-state index is 15.2. The van der Waals surface area contributed by atoms with E-state index in [9.17, 15) is 8.78 Å². The summed E-state index contributed by atoms with van der Waals surface area (Å²) in [5, 5.41) is -0.552. The number of hydrogen-bond acceptors (Lipinski definition) is 0. The van der Waals surface area contributed by atoms with E-state index >= 15 is 4.39 Å². The van der Waals surface area contributed by atoms with Gasteiger partial charge in [0.1, 0.15) is 22.5 Å². The predicted octanol–water partition coefficient (Wildman–Crippen LogP) is 8.14. The van der Waals surface area contributed by atoms with Gasteiger partial charge < -0.3 is 0 Å². The first-order valence-electron chi connectivity index (χ1n) is 10.9. The van der Waals surface area contributed by atoms with E-state index in [0.29, 0.717) is 17.9 Å². The lowest BCUT2D eigenvalue weighted by Gasteiger charge is -2.36. The molecule has 0 nitrogen and oxygen atoms in total. The van der Waals surface area contributed by atoms with Crippen LogP contribution in [0.1, 0.15) is 63.0 Å². The zero-order valence-corrected chi connectivity index (χ0v) is 17.7. The normalized spacial score (nSPS) is 24.4. The highest BCUT2D eigenvalue weighted by molar-refractivity contribution is 6.31. The minimum absolute atomic E-state index is 0.195. The molecule has 2 aliphatic carbocycles. The van der Waals surface area contributed by atoms with Crippen LogP contribution in [0.4, 0.5) is 13.2 Å². The topological polar surface area (TPSA) is 0 Å². The molecular formula is C25H28ClF3. The molecule has 0 bridgehead atoms. The molecule has 0 N–H and O–H groups in total. The van der Waals surface area contributed by atoms with E-state index in [2.05, 4.69) is 6.92 Å². The summed E-state index contributed by atoms with van der Waals surface area (Å²) in [7, 11) is 0. The quantitative estimate of drug-likeness (QED) is 0.438. The van der Waals surface area contributed by atoms with Crippen molar-refractivity contribution in [2.75, 3.05) is 0 Å². The van der Waals surface area contributed by atoms with Crippen LogP contribution in [-0.4, -0.2) is 0 Å². The Bertz CT molecular complexity index is 861. The van der Waals surface area contributed by atoms with Crippen molar-refractivity contribution in [3.8, 4) is 11.1 Å². The monoisotopic (exact) mass is 420 g/mol. The van der Waals surface area contributed by atoms with Crippen LogP contribution in [0.2, 0.25) is 5.02 Å². The van der Waals surface area contributed by atoms with Crippen molar-refractivity contribution >= 4 is 11.6 Å². The highest BCUT2D eigenvalue weighted by atomic mass is 35.5. The third-order valence-corrected chi connectivity index (χ3v) is 7.50. The summed E-state index contributed by atoms with van der Waals surface area (Å²) in [4.78, 5) is 0. The molecule has 1 unspecified atom stereocenters. The van der Waals surface area contributed by atoms with Crippen molar-refractivity contribution in [1.29, 1.82) is 0 Å². The molecule has 2 aromatic carbocycles. The maximum absolute atomic E-state index is 15.2. The number of hydrogen-bond donors (Lipinski definition) is 0. The molecule has 0 saturated heterocycles. The molecular weight excluding hydrogens is 393 g/mol. The average molecular weight is 421 g/mol. The van der Waals surface area contributed by atoms with Gasteiger partial charge in [-0.05, 0) is 78.7 Å². The Morgan fingerprint density at radius 3 is 2.28 bits per heavy atom. The van der Waals surface area contributed by atoms with Crippen molar-refractivity contribution in [3.63, 3.8) is 0 Å². The average Bonchev–Trinajstić information content (AvgIpc) is 2.72. The van der Waals surface area contributed by atoms with Gasteiger partial charge in [0, 0.05) is 5.56 Å². The Balaban J connectivity index is 1.52. The zero-order valence-electron chi connectivity index (χ0n) is 16.9. The molecule has 0 spiro atoms. The second kappa shape index (κ2) is 8.71. The maximum Gasteiger partial charge on any atom is 0.145 e. The van der Waals surface area contributed by atoms with Crippen LogP contribution in [0.5, 0.6) is 0 Å². The van der Waals surface area contributed by atoms with Gasteiger partial charge in [-0.15, -0.1) is 0 Å². The third kappa shape index (κ3) is 4.21. The molecule has 4 heteroatoms. The Labute approximate surface area is 176 Å². The molecule has 2 aliphatic rings. The second-order valence-electron chi connectivity index (χ2n) is 8.89. The summed E-state index contributed by atoms with van der Waals surface area (Å²) in [6.07, 6.45) is 10.5. The molecule has 0 amide bonds. The summed E-state index contributed by atoms with van der Waals surface area (Å²) in [5.74, 6) is 0.204. The van der Waals surface area contributed by atoms with E-state index in [-0.39, 0.29) is 16.9 Å². The van der Waals surface area contributed by atoms with Gasteiger partial charge in [-0.1, -0.05) is 56.3 Å². The lowest BCUT2D eigenvalue weighted by atomic mass is 9.69. The van der Waals surface area contributed by atoms with Crippen LogP contribution in [-0.2, 0) is 12.8 Å². The first kappa shape index (κ1) is 20.8. The van der Waals surface area contributed by atoms with Crippen molar-refractivity contribution in [3.05, 3.63) is 57.9 Å². The molecule has 29 heavy (non-hydrogen) atoms. The number of benzene rings is 2. The summed E-state index contributed by atoms with van der Waals surface area (Å²) < 4.78 is 42.9. The fourth-order valence-electron chi connectivity index (χ4n) is 5.53. The van der Waals surface area contributed by atoms with Gasteiger partial charge in [-0.3, -0.25) is 0 Å². The first-order chi connectivity index (χ1) is 14.0. The number of halogens is 4. The highest BCUT2D eigenvalue weighted by Gasteiger charge is 2.31. The van der Waals surface area contributed by atoms with Gasteiger partial charge in [0.05, 0.1) is 0 Å². The van der Waals surface area contributed by atoms with Crippen LogP contribution >= 0.6 is 11.6 Å². The van der Waals surface area contributed by atoms with Crippen molar-refractivity contribution in [2.24, 2.45) is 17.8 Å². The predicted molar refractivity (Wildman–Crippen MR) is 113 cm³/mol. The van der Waals surface area contributed by atoms with Crippen molar-refractivity contribution in [2.45, 2.75) is 64.7 Å². The van der Waals surface area contributed by atoms with E-state index < -0.39 is 16.7 Å². The van der Waals surface area contributed by atoms with Crippen molar-refractivity contribution in [1.82, 2.24) is 0 Å². The molecule has 0 aliphatic heterocycles. The van der Waals surface area contributed by atoms with E-state index in [1.54, 1.807) is 6.07 Å². The second-order valence-corrected chi connectivity index (χ2v) is 9.27. The number of fused-ring (bicyclic) bond motifs is 1. The molecule has 156 valence electrons. The van der Waals surface area contributed by atoms with Gasteiger partial charge in [0.25, 0.3) is 0 Å². The van der Waals surface area contributed by atoms with E-state index in [4.69, 9.17) is 11.6 Å². The smallest absolute Gasteiger partial charge is 0.145 e. The Kier molecular flexibility index (Phi) is 6.24. The van der Waals surface area contributed by atoms with Gasteiger partial charge in [0.15, 0.2) is 0 Å². The van der Waals surface area contributed by atoms with Gasteiger partial charge in [-0.2, -0.15) is 0 Å². The lowest BCUT2D eigenvalue weighted by molar-refractivity contribution is 0.183. The molecule has 1 atom stereocenters. The van der Waals surface area contributed by atoms with Crippen LogP contribution in [0.15, 0.2) is 24.3 Å². The lowest BCUT2D eigenvalue weighted by Crippen LogP contribution is -2.27.